The summed E-state index contributed by atoms with van der Waals surface area (Å²) in [4.78, 5) is 0. The van der Waals surface area contributed by atoms with Crippen LogP contribution in [0.2, 0.25) is 0 Å². The lowest BCUT2D eigenvalue weighted by Gasteiger charge is -2.38. The fourth-order valence-electron chi connectivity index (χ4n) is 2.30. The van der Waals surface area contributed by atoms with Crippen LogP contribution in [-0.2, 0) is 21.9 Å². The van der Waals surface area contributed by atoms with Crippen molar-refractivity contribution in [3.8, 4) is 0 Å². The number of ether oxygens (including phenoxy) is 1. The van der Waals surface area contributed by atoms with E-state index in [0.29, 0.717) is 25.3 Å². The summed E-state index contributed by atoms with van der Waals surface area (Å²) in [5, 5.41) is 0. The van der Waals surface area contributed by atoms with Crippen molar-refractivity contribution in [1.29, 1.82) is 0 Å². The van der Waals surface area contributed by atoms with Crippen molar-refractivity contribution in [2.24, 2.45) is 0 Å². The van der Waals surface area contributed by atoms with Crippen molar-refractivity contribution >= 4 is 11.0 Å². The van der Waals surface area contributed by atoms with E-state index < -0.39 is 27.5 Å². The topological polar surface area (TPSA) is 29.5 Å². The second kappa shape index (κ2) is 6.29. The smallest absolute Gasteiger partial charge is 0.378 e. The Kier molecular flexibility index (Phi) is 4.99. The first-order valence-corrected chi connectivity index (χ1v) is 8.15. The Morgan fingerprint density at radius 2 is 1.77 bits per heavy atom. The van der Waals surface area contributed by atoms with E-state index in [4.69, 9.17) is 4.74 Å². The number of hydrogen-bond acceptors (Lipinski definition) is 2. The summed E-state index contributed by atoms with van der Waals surface area (Å²) in [6, 6.07) is 4.70. The number of benzene rings is 1. The van der Waals surface area contributed by atoms with Crippen molar-refractivity contribution in [3.05, 3.63) is 35.4 Å². The number of rotatable bonds is 2. The third kappa shape index (κ3) is 3.88. The van der Waals surface area contributed by atoms with Gasteiger partial charge >= 0.3 is 6.18 Å². The maximum absolute atomic E-state index is 12.6. The zero-order chi connectivity index (χ0) is 16.5. The largest absolute Gasteiger partial charge is 0.416 e. The van der Waals surface area contributed by atoms with Crippen molar-refractivity contribution in [1.82, 2.24) is 4.31 Å². The Morgan fingerprint density at radius 3 is 2.27 bits per heavy atom. The summed E-state index contributed by atoms with van der Waals surface area (Å²) in [6.07, 6.45) is -4.35. The van der Waals surface area contributed by atoms with E-state index in [2.05, 4.69) is 0 Å². The summed E-state index contributed by atoms with van der Waals surface area (Å²) >= 11 is 0. The van der Waals surface area contributed by atoms with Crippen molar-refractivity contribution in [2.45, 2.75) is 37.7 Å². The maximum atomic E-state index is 12.6. The molecule has 0 amide bonds. The van der Waals surface area contributed by atoms with Gasteiger partial charge in [0.05, 0.1) is 29.6 Å². The first-order chi connectivity index (χ1) is 10.1. The van der Waals surface area contributed by atoms with Gasteiger partial charge in [-0.1, -0.05) is 12.1 Å². The summed E-state index contributed by atoms with van der Waals surface area (Å²) in [7, 11) is -1.25. The number of nitrogens with zero attached hydrogens (tertiary/aromatic N) is 1. The van der Waals surface area contributed by atoms with Crippen LogP contribution >= 0.6 is 0 Å². The molecule has 1 saturated heterocycles. The Balaban J connectivity index is 2.26. The average molecular weight is 335 g/mol. The summed E-state index contributed by atoms with van der Waals surface area (Å²) < 4.78 is 57.4. The van der Waals surface area contributed by atoms with E-state index in [1.54, 1.807) is 0 Å². The first kappa shape index (κ1) is 17.4. The molecular weight excluding hydrogens is 315 g/mol. The summed E-state index contributed by atoms with van der Waals surface area (Å²) in [5.41, 5.74) is 0.00164. The fourth-order valence-corrected chi connectivity index (χ4v) is 3.65. The van der Waals surface area contributed by atoms with Gasteiger partial charge in [0.2, 0.25) is 0 Å². The van der Waals surface area contributed by atoms with Gasteiger partial charge in [-0.05, 0) is 38.5 Å². The second-order valence-corrected chi connectivity index (χ2v) is 8.40. The molecule has 2 rings (SSSR count). The predicted molar refractivity (Wildman–Crippen MR) is 79.6 cm³/mol. The van der Waals surface area contributed by atoms with Crippen LogP contribution in [0.1, 0.15) is 37.9 Å². The molecule has 0 saturated carbocycles. The van der Waals surface area contributed by atoms with Crippen LogP contribution in [-0.4, -0.2) is 33.0 Å². The molecule has 1 aliphatic rings. The van der Waals surface area contributed by atoms with E-state index in [1.165, 1.54) is 12.1 Å². The van der Waals surface area contributed by atoms with Gasteiger partial charge in [-0.3, -0.25) is 0 Å². The minimum absolute atomic E-state index is 0.295. The molecule has 0 aliphatic carbocycles. The Labute approximate surface area is 131 Å². The molecule has 1 heterocycles. The molecule has 0 aromatic heterocycles. The Hall–Kier alpha value is -0.920. The number of halogens is 3. The molecule has 2 atom stereocenters. The highest BCUT2D eigenvalue weighted by Crippen LogP contribution is 2.33. The first-order valence-electron chi connectivity index (χ1n) is 7.04. The quantitative estimate of drug-likeness (QED) is 0.827. The van der Waals surface area contributed by atoms with E-state index in [9.17, 15) is 17.4 Å². The van der Waals surface area contributed by atoms with E-state index in [0.717, 1.165) is 12.1 Å². The second-order valence-electron chi connectivity index (χ2n) is 6.21. The van der Waals surface area contributed by atoms with Gasteiger partial charge in [0.1, 0.15) is 11.0 Å². The Morgan fingerprint density at radius 1 is 1.18 bits per heavy atom. The summed E-state index contributed by atoms with van der Waals surface area (Å²) in [5.74, 6) is 0. The van der Waals surface area contributed by atoms with Crippen LogP contribution in [0.5, 0.6) is 0 Å². The zero-order valence-corrected chi connectivity index (χ0v) is 13.6. The van der Waals surface area contributed by atoms with E-state index >= 15 is 0 Å². The normalized spacial score (nSPS) is 22.5. The van der Waals surface area contributed by atoms with E-state index in [-0.39, 0.29) is 6.04 Å². The van der Waals surface area contributed by atoms with Crippen LogP contribution < -0.4 is 0 Å². The standard InChI is InChI=1S/C15H20F3NO2S/c1-14(2,3)22(20)19-8-9-21-10-13(19)11-4-6-12(7-5-11)15(16,17)18/h4-7,13H,8-10H2,1-3H3/t13-,22+/m0/s1. The molecule has 3 nitrogen and oxygen atoms in total. The third-order valence-corrected chi connectivity index (χ3v) is 5.35. The van der Waals surface area contributed by atoms with Gasteiger partial charge in [-0.15, -0.1) is 0 Å². The molecule has 0 radical (unpaired) electrons. The highest BCUT2D eigenvalue weighted by Gasteiger charge is 2.35. The minimum Gasteiger partial charge on any atom is -0.378 e. The van der Waals surface area contributed by atoms with Gasteiger partial charge in [0.25, 0.3) is 0 Å². The maximum Gasteiger partial charge on any atom is 0.416 e. The van der Waals surface area contributed by atoms with Gasteiger partial charge in [-0.25, -0.2) is 8.51 Å². The molecule has 1 fully saturated rings. The highest BCUT2D eigenvalue weighted by molar-refractivity contribution is 7.84. The van der Waals surface area contributed by atoms with Gasteiger partial charge in [-0.2, -0.15) is 13.2 Å². The van der Waals surface area contributed by atoms with Gasteiger partial charge < -0.3 is 4.74 Å². The molecule has 0 bridgehead atoms. The monoisotopic (exact) mass is 335 g/mol. The predicted octanol–water partition coefficient (Wildman–Crippen LogP) is 3.54. The van der Waals surface area contributed by atoms with Crippen LogP contribution in [0.25, 0.3) is 0 Å². The van der Waals surface area contributed by atoms with Crippen LogP contribution in [0.3, 0.4) is 0 Å². The number of morpholine rings is 1. The van der Waals surface area contributed by atoms with Crippen molar-refractivity contribution in [3.63, 3.8) is 0 Å². The average Bonchev–Trinajstić information content (AvgIpc) is 2.45. The van der Waals surface area contributed by atoms with Crippen LogP contribution in [0.15, 0.2) is 24.3 Å². The molecule has 22 heavy (non-hydrogen) atoms. The lowest BCUT2D eigenvalue weighted by molar-refractivity contribution is -0.137. The SMILES string of the molecule is CC(C)(C)[S@@](=O)N1CCOC[C@H]1c1ccc(C(F)(F)F)cc1. The molecule has 0 spiro atoms. The van der Waals surface area contributed by atoms with Gasteiger partial charge in [0.15, 0.2) is 0 Å². The van der Waals surface area contributed by atoms with Crippen LogP contribution in [0.4, 0.5) is 13.2 Å². The molecule has 0 N–H and O–H groups in total. The van der Waals surface area contributed by atoms with Crippen molar-refractivity contribution in [2.75, 3.05) is 19.8 Å². The Bertz CT molecular complexity index is 537. The lowest BCUT2D eigenvalue weighted by atomic mass is 10.0. The summed E-state index contributed by atoms with van der Waals surface area (Å²) in [6.45, 7) is 6.93. The minimum atomic E-state index is -4.35. The van der Waals surface area contributed by atoms with Crippen molar-refractivity contribution < 1.29 is 22.1 Å². The van der Waals surface area contributed by atoms with Gasteiger partial charge in [0, 0.05) is 6.54 Å². The molecule has 7 heteroatoms. The highest BCUT2D eigenvalue weighted by atomic mass is 32.2. The number of alkyl halides is 3. The molecular formula is C15H20F3NO2S. The van der Waals surface area contributed by atoms with E-state index in [1.807, 2.05) is 25.1 Å². The number of hydrogen-bond donors (Lipinski definition) is 0. The molecule has 1 aromatic carbocycles. The molecule has 0 unspecified atom stereocenters. The molecule has 124 valence electrons. The zero-order valence-electron chi connectivity index (χ0n) is 12.8. The van der Waals surface area contributed by atoms with Crippen LogP contribution in [0, 0.1) is 0 Å². The molecule has 1 aromatic rings. The third-order valence-electron chi connectivity index (χ3n) is 3.44. The lowest BCUT2D eigenvalue weighted by Crippen LogP contribution is -2.46. The fraction of sp³-hybridized carbons (Fsp3) is 0.600. The molecule has 1 aliphatic heterocycles.